The molecule has 0 saturated carbocycles. The lowest BCUT2D eigenvalue weighted by Gasteiger charge is -2.30. The van der Waals surface area contributed by atoms with Gasteiger partial charge in [-0.2, -0.15) is 0 Å². The molecule has 0 bridgehead atoms. The Balaban J connectivity index is 2.74. The van der Waals surface area contributed by atoms with Gasteiger partial charge < -0.3 is 4.57 Å². The van der Waals surface area contributed by atoms with Crippen molar-refractivity contribution >= 4 is 45.2 Å². The van der Waals surface area contributed by atoms with Crippen LogP contribution in [0.25, 0.3) is 11.0 Å². The summed E-state index contributed by atoms with van der Waals surface area (Å²) in [5.74, 6) is 0.907. The first-order valence-corrected chi connectivity index (χ1v) is 7.79. The third-order valence-electron chi connectivity index (χ3n) is 3.56. The van der Waals surface area contributed by atoms with Crippen molar-refractivity contribution < 1.29 is 4.39 Å². The van der Waals surface area contributed by atoms with Gasteiger partial charge in [0.05, 0.1) is 20.5 Å². The Morgan fingerprint density at radius 3 is 2.58 bits per heavy atom. The van der Waals surface area contributed by atoms with E-state index in [-0.39, 0.29) is 17.3 Å². The molecule has 0 fully saturated rings. The summed E-state index contributed by atoms with van der Waals surface area (Å²) >= 11 is 7.98. The fourth-order valence-electron chi connectivity index (χ4n) is 2.05. The molecule has 19 heavy (non-hydrogen) atoms. The number of imidazole rings is 1. The molecule has 104 valence electrons. The molecule has 0 saturated heterocycles. The maximum atomic E-state index is 13.8. The predicted molar refractivity (Wildman–Crippen MR) is 86.1 cm³/mol. The molecule has 2 aromatic rings. The van der Waals surface area contributed by atoms with Gasteiger partial charge in [0.25, 0.3) is 0 Å². The molecule has 0 spiro atoms. The number of fused-ring (bicyclic) bond motifs is 1. The van der Waals surface area contributed by atoms with Crippen LogP contribution in [0.4, 0.5) is 4.39 Å². The highest BCUT2D eigenvalue weighted by Crippen LogP contribution is 2.35. The Bertz CT molecular complexity index is 616. The Labute approximate surface area is 131 Å². The van der Waals surface area contributed by atoms with Crippen LogP contribution in [0, 0.1) is 14.8 Å². The number of aromatic nitrogens is 2. The van der Waals surface area contributed by atoms with E-state index in [1.165, 1.54) is 0 Å². The summed E-state index contributed by atoms with van der Waals surface area (Å²) in [6.45, 7) is 8.59. The molecule has 0 radical (unpaired) electrons. The number of rotatable bonds is 2. The second-order valence-electron chi connectivity index (χ2n) is 5.83. The lowest BCUT2D eigenvalue weighted by Crippen LogP contribution is -2.23. The van der Waals surface area contributed by atoms with Gasteiger partial charge in [0.2, 0.25) is 0 Å². The summed E-state index contributed by atoms with van der Waals surface area (Å²) in [4.78, 5) is 4.53. The molecule has 0 amide bonds. The van der Waals surface area contributed by atoms with Crippen molar-refractivity contribution in [2.24, 2.45) is 5.41 Å². The zero-order valence-electron chi connectivity index (χ0n) is 11.5. The van der Waals surface area contributed by atoms with Crippen LogP contribution in [0.1, 0.15) is 39.6 Å². The Morgan fingerprint density at radius 2 is 2.05 bits per heavy atom. The van der Waals surface area contributed by atoms with E-state index in [1.807, 2.05) is 22.6 Å². The van der Waals surface area contributed by atoms with Crippen molar-refractivity contribution in [1.82, 2.24) is 9.55 Å². The van der Waals surface area contributed by atoms with Crippen LogP contribution in [-0.4, -0.2) is 9.55 Å². The average Bonchev–Trinajstić information content (AvgIpc) is 2.65. The third-order valence-corrected chi connectivity index (χ3v) is 4.63. The van der Waals surface area contributed by atoms with E-state index in [1.54, 1.807) is 12.1 Å². The number of nitrogens with zero attached hydrogens (tertiary/aromatic N) is 2. The number of benzene rings is 1. The van der Waals surface area contributed by atoms with Gasteiger partial charge in [0.15, 0.2) is 0 Å². The van der Waals surface area contributed by atoms with E-state index in [0.29, 0.717) is 9.45 Å². The first kappa shape index (κ1) is 15.0. The Hall–Kier alpha value is -0.360. The van der Waals surface area contributed by atoms with Gasteiger partial charge in [0.1, 0.15) is 11.6 Å². The number of halogens is 3. The first-order chi connectivity index (χ1) is 8.75. The molecule has 1 heterocycles. The predicted octanol–water partition coefficient (Wildman–Crippen LogP) is 5.13. The van der Waals surface area contributed by atoms with E-state index in [4.69, 9.17) is 11.6 Å². The molecule has 0 aliphatic rings. The van der Waals surface area contributed by atoms with E-state index in [0.717, 1.165) is 16.9 Å². The summed E-state index contributed by atoms with van der Waals surface area (Å²) in [5, 5.41) is 0. The van der Waals surface area contributed by atoms with Gasteiger partial charge in [0, 0.05) is 12.1 Å². The monoisotopic (exact) mass is 394 g/mol. The van der Waals surface area contributed by atoms with Crippen LogP contribution in [-0.2, 0) is 5.88 Å². The quantitative estimate of drug-likeness (QED) is 0.510. The van der Waals surface area contributed by atoms with Crippen LogP contribution in [0.15, 0.2) is 12.1 Å². The maximum Gasteiger partial charge on any atom is 0.138 e. The topological polar surface area (TPSA) is 17.8 Å². The van der Waals surface area contributed by atoms with E-state index < -0.39 is 0 Å². The van der Waals surface area contributed by atoms with Crippen LogP contribution >= 0.6 is 34.2 Å². The largest absolute Gasteiger partial charge is 0.324 e. The first-order valence-electron chi connectivity index (χ1n) is 6.17. The van der Waals surface area contributed by atoms with Crippen LogP contribution in [0.2, 0.25) is 0 Å². The molecule has 1 aromatic carbocycles. The van der Waals surface area contributed by atoms with E-state index in [9.17, 15) is 4.39 Å². The van der Waals surface area contributed by atoms with Crippen LogP contribution in [0.3, 0.4) is 0 Å². The average molecular weight is 395 g/mol. The van der Waals surface area contributed by atoms with Crippen molar-refractivity contribution in [3.8, 4) is 0 Å². The molecule has 1 atom stereocenters. The lowest BCUT2D eigenvalue weighted by atomic mass is 9.87. The lowest BCUT2D eigenvalue weighted by molar-refractivity contribution is 0.263. The molecule has 0 aliphatic heterocycles. The van der Waals surface area contributed by atoms with Crippen molar-refractivity contribution in [3.05, 3.63) is 27.3 Å². The molecular weight excluding hydrogens is 378 g/mol. The summed E-state index contributed by atoms with van der Waals surface area (Å²) in [6, 6.07) is 3.51. The van der Waals surface area contributed by atoms with Crippen molar-refractivity contribution in [1.29, 1.82) is 0 Å². The zero-order valence-corrected chi connectivity index (χ0v) is 14.4. The second-order valence-corrected chi connectivity index (χ2v) is 7.26. The summed E-state index contributed by atoms with van der Waals surface area (Å²) < 4.78 is 16.5. The normalized spacial score (nSPS) is 14.1. The minimum Gasteiger partial charge on any atom is -0.324 e. The number of hydrogen-bond donors (Lipinski definition) is 0. The molecule has 0 N–H and O–H groups in total. The van der Waals surface area contributed by atoms with Gasteiger partial charge in [-0.1, -0.05) is 20.8 Å². The van der Waals surface area contributed by atoms with Crippen LogP contribution < -0.4 is 0 Å². The molecular formula is C14H17ClFIN2. The molecule has 2 nitrogen and oxygen atoms in total. The Morgan fingerprint density at radius 1 is 1.42 bits per heavy atom. The highest BCUT2D eigenvalue weighted by atomic mass is 127. The fraction of sp³-hybridized carbons (Fsp3) is 0.500. The SMILES string of the molecule is CC(n1c(CCl)nc2cc(I)c(F)cc21)C(C)(C)C. The molecule has 1 aromatic heterocycles. The smallest absolute Gasteiger partial charge is 0.138 e. The number of alkyl halides is 1. The number of hydrogen-bond acceptors (Lipinski definition) is 1. The van der Waals surface area contributed by atoms with Gasteiger partial charge in [-0.25, -0.2) is 9.37 Å². The summed E-state index contributed by atoms with van der Waals surface area (Å²) in [7, 11) is 0. The van der Waals surface area contributed by atoms with Crippen molar-refractivity contribution in [3.63, 3.8) is 0 Å². The van der Waals surface area contributed by atoms with Gasteiger partial charge in [-0.15, -0.1) is 11.6 Å². The summed E-state index contributed by atoms with van der Waals surface area (Å²) in [6.07, 6.45) is 0. The van der Waals surface area contributed by atoms with E-state index >= 15 is 0 Å². The molecule has 2 rings (SSSR count). The summed E-state index contributed by atoms with van der Waals surface area (Å²) in [5.41, 5.74) is 1.67. The highest BCUT2D eigenvalue weighted by molar-refractivity contribution is 14.1. The Kier molecular flexibility index (Phi) is 4.12. The molecule has 5 heteroatoms. The van der Waals surface area contributed by atoms with Crippen molar-refractivity contribution in [2.75, 3.05) is 0 Å². The standard InChI is InChI=1S/C14H17ClFIN2/c1-8(14(2,3)4)19-12-5-9(16)10(17)6-11(12)18-13(19)7-15/h5-6,8H,7H2,1-4H3. The highest BCUT2D eigenvalue weighted by Gasteiger charge is 2.26. The molecule has 1 unspecified atom stereocenters. The zero-order chi connectivity index (χ0) is 14.4. The van der Waals surface area contributed by atoms with Gasteiger partial charge >= 0.3 is 0 Å². The van der Waals surface area contributed by atoms with Crippen LogP contribution in [0.5, 0.6) is 0 Å². The minimum atomic E-state index is -0.212. The molecule has 0 aliphatic carbocycles. The maximum absolute atomic E-state index is 13.8. The van der Waals surface area contributed by atoms with Gasteiger partial charge in [-0.3, -0.25) is 0 Å². The van der Waals surface area contributed by atoms with Gasteiger partial charge in [-0.05, 0) is 41.0 Å². The third kappa shape index (κ3) is 2.75. The minimum absolute atomic E-state index is 0.0495. The van der Waals surface area contributed by atoms with Crippen molar-refractivity contribution in [2.45, 2.75) is 39.6 Å². The second kappa shape index (κ2) is 5.20. The van der Waals surface area contributed by atoms with E-state index in [2.05, 4.69) is 37.2 Å². The fourth-order valence-corrected chi connectivity index (χ4v) is 2.69.